The molecule has 1 aromatic carbocycles. The SMILES string of the molecule is Cc1cn(C)c([C@@H]2CCN(C(=O)c3ccc4c(c3)CCCC4)C2)n1. The van der Waals surface area contributed by atoms with Gasteiger partial charge in [0.2, 0.25) is 0 Å². The van der Waals surface area contributed by atoms with Crippen LogP contribution in [-0.2, 0) is 19.9 Å². The lowest BCUT2D eigenvalue weighted by Gasteiger charge is -2.20. The van der Waals surface area contributed by atoms with Crippen molar-refractivity contribution in [1.82, 2.24) is 14.5 Å². The lowest BCUT2D eigenvalue weighted by atomic mass is 9.90. The molecular formula is C20H25N3O. The molecule has 4 nitrogen and oxygen atoms in total. The van der Waals surface area contributed by atoms with Gasteiger partial charge >= 0.3 is 0 Å². The number of carbonyl (C=O) groups is 1. The highest BCUT2D eigenvalue weighted by Gasteiger charge is 2.30. The molecule has 4 heteroatoms. The Hall–Kier alpha value is -2.10. The summed E-state index contributed by atoms with van der Waals surface area (Å²) in [6.45, 7) is 3.63. The van der Waals surface area contributed by atoms with Crippen molar-refractivity contribution in [2.45, 2.75) is 44.9 Å². The van der Waals surface area contributed by atoms with E-state index in [1.165, 1.54) is 24.0 Å². The molecule has 1 saturated heterocycles. The van der Waals surface area contributed by atoms with Crippen LogP contribution in [0.3, 0.4) is 0 Å². The number of amides is 1. The largest absolute Gasteiger partial charge is 0.338 e. The van der Waals surface area contributed by atoms with Crippen LogP contribution in [0.5, 0.6) is 0 Å². The fraction of sp³-hybridized carbons (Fsp3) is 0.500. The van der Waals surface area contributed by atoms with Crippen LogP contribution in [0.25, 0.3) is 0 Å². The van der Waals surface area contributed by atoms with Crippen LogP contribution < -0.4 is 0 Å². The molecule has 4 rings (SSSR count). The lowest BCUT2D eigenvalue weighted by molar-refractivity contribution is 0.0790. The average Bonchev–Trinajstić information content (AvgIpc) is 3.20. The summed E-state index contributed by atoms with van der Waals surface area (Å²) in [7, 11) is 2.04. The molecule has 1 atom stereocenters. The Morgan fingerprint density at radius 3 is 2.75 bits per heavy atom. The highest BCUT2D eigenvalue weighted by Crippen LogP contribution is 2.28. The second kappa shape index (κ2) is 6.08. The predicted octanol–water partition coefficient (Wildman–Crippen LogP) is 3.24. The van der Waals surface area contributed by atoms with Crippen molar-refractivity contribution in [3.05, 3.63) is 52.6 Å². The Morgan fingerprint density at radius 1 is 1.21 bits per heavy atom. The van der Waals surface area contributed by atoms with E-state index in [4.69, 9.17) is 0 Å². The average molecular weight is 323 g/mol. The molecule has 0 bridgehead atoms. The summed E-state index contributed by atoms with van der Waals surface area (Å²) >= 11 is 0. The molecule has 0 saturated carbocycles. The molecule has 1 fully saturated rings. The third kappa shape index (κ3) is 2.74. The smallest absolute Gasteiger partial charge is 0.253 e. The van der Waals surface area contributed by atoms with Crippen LogP contribution in [0, 0.1) is 6.92 Å². The molecule has 1 aromatic heterocycles. The normalized spacial score (nSPS) is 20.2. The number of carbonyl (C=O) groups excluding carboxylic acids is 1. The summed E-state index contributed by atoms with van der Waals surface area (Å²) < 4.78 is 2.10. The second-order valence-corrected chi connectivity index (χ2v) is 7.28. The molecule has 0 spiro atoms. The van der Waals surface area contributed by atoms with Gasteiger partial charge in [0.25, 0.3) is 5.91 Å². The highest BCUT2D eigenvalue weighted by atomic mass is 16.2. The van der Waals surface area contributed by atoms with E-state index in [-0.39, 0.29) is 5.91 Å². The van der Waals surface area contributed by atoms with E-state index < -0.39 is 0 Å². The molecule has 24 heavy (non-hydrogen) atoms. The Balaban J connectivity index is 1.50. The predicted molar refractivity (Wildman–Crippen MR) is 94.3 cm³/mol. The van der Waals surface area contributed by atoms with Gasteiger partial charge in [-0.05, 0) is 62.3 Å². The number of hydrogen-bond donors (Lipinski definition) is 0. The standard InChI is InChI=1S/C20H25N3O/c1-14-12-22(2)19(21-14)18-9-10-23(13-18)20(24)17-8-7-15-5-3-4-6-16(15)11-17/h7-8,11-12,18H,3-6,9-10,13H2,1-2H3/t18-/m1/s1. The number of hydrogen-bond acceptors (Lipinski definition) is 2. The van der Waals surface area contributed by atoms with Gasteiger partial charge in [0.05, 0.1) is 5.69 Å². The molecule has 0 N–H and O–H groups in total. The third-order valence-corrected chi connectivity index (χ3v) is 5.47. The van der Waals surface area contributed by atoms with E-state index in [2.05, 4.69) is 27.9 Å². The van der Waals surface area contributed by atoms with Gasteiger partial charge in [0.15, 0.2) is 0 Å². The van der Waals surface area contributed by atoms with Crippen LogP contribution >= 0.6 is 0 Å². The Bertz CT molecular complexity index is 777. The summed E-state index contributed by atoms with van der Waals surface area (Å²) in [5.41, 5.74) is 4.71. The van der Waals surface area contributed by atoms with Gasteiger partial charge in [0.1, 0.15) is 5.82 Å². The van der Waals surface area contributed by atoms with Gasteiger partial charge in [-0.1, -0.05) is 6.07 Å². The first-order valence-corrected chi connectivity index (χ1v) is 9.03. The van der Waals surface area contributed by atoms with E-state index in [0.29, 0.717) is 5.92 Å². The Kier molecular flexibility index (Phi) is 3.91. The van der Waals surface area contributed by atoms with Crippen LogP contribution in [0.2, 0.25) is 0 Å². The maximum atomic E-state index is 12.9. The summed E-state index contributed by atoms with van der Waals surface area (Å²) in [5, 5.41) is 0. The van der Waals surface area contributed by atoms with Crippen molar-refractivity contribution >= 4 is 5.91 Å². The van der Waals surface area contributed by atoms with Crippen molar-refractivity contribution in [2.75, 3.05) is 13.1 Å². The molecule has 0 unspecified atom stereocenters. The van der Waals surface area contributed by atoms with Crippen molar-refractivity contribution in [3.63, 3.8) is 0 Å². The van der Waals surface area contributed by atoms with E-state index >= 15 is 0 Å². The number of imidazole rings is 1. The minimum Gasteiger partial charge on any atom is -0.338 e. The van der Waals surface area contributed by atoms with E-state index in [9.17, 15) is 4.79 Å². The zero-order chi connectivity index (χ0) is 16.7. The number of fused-ring (bicyclic) bond motifs is 1. The van der Waals surface area contributed by atoms with Crippen molar-refractivity contribution in [2.24, 2.45) is 7.05 Å². The fourth-order valence-corrected chi connectivity index (χ4v) is 4.22. The van der Waals surface area contributed by atoms with Crippen LogP contribution in [-0.4, -0.2) is 33.4 Å². The molecule has 2 aromatic rings. The minimum atomic E-state index is 0.178. The summed E-state index contributed by atoms with van der Waals surface area (Å²) in [4.78, 5) is 19.5. The number of likely N-dealkylation sites (tertiary alicyclic amines) is 1. The number of nitrogens with zero attached hydrogens (tertiary/aromatic N) is 3. The van der Waals surface area contributed by atoms with Crippen molar-refractivity contribution in [3.8, 4) is 0 Å². The van der Waals surface area contributed by atoms with Gasteiger partial charge in [-0.3, -0.25) is 4.79 Å². The Labute approximate surface area is 143 Å². The molecule has 0 radical (unpaired) electrons. The summed E-state index contributed by atoms with van der Waals surface area (Å²) in [6.07, 6.45) is 7.86. The lowest BCUT2D eigenvalue weighted by Crippen LogP contribution is -2.29. The molecule has 2 aliphatic rings. The number of aromatic nitrogens is 2. The van der Waals surface area contributed by atoms with Crippen molar-refractivity contribution < 1.29 is 4.79 Å². The Morgan fingerprint density at radius 2 is 2.00 bits per heavy atom. The van der Waals surface area contributed by atoms with Crippen LogP contribution in [0.15, 0.2) is 24.4 Å². The molecular weight excluding hydrogens is 298 g/mol. The molecule has 1 aliphatic heterocycles. The highest BCUT2D eigenvalue weighted by molar-refractivity contribution is 5.94. The summed E-state index contributed by atoms with van der Waals surface area (Å²) in [5.74, 6) is 1.63. The van der Waals surface area contributed by atoms with Gasteiger partial charge in [0, 0.05) is 37.8 Å². The quantitative estimate of drug-likeness (QED) is 0.851. The zero-order valence-corrected chi connectivity index (χ0v) is 14.6. The number of rotatable bonds is 2. The molecule has 2 heterocycles. The second-order valence-electron chi connectivity index (χ2n) is 7.28. The number of benzene rings is 1. The van der Waals surface area contributed by atoms with Crippen molar-refractivity contribution in [1.29, 1.82) is 0 Å². The first-order valence-electron chi connectivity index (χ1n) is 9.03. The van der Waals surface area contributed by atoms with E-state index in [1.54, 1.807) is 0 Å². The topological polar surface area (TPSA) is 38.1 Å². The van der Waals surface area contributed by atoms with E-state index in [1.807, 2.05) is 24.9 Å². The first kappa shape index (κ1) is 15.4. The van der Waals surface area contributed by atoms with Gasteiger partial charge in [-0.25, -0.2) is 4.98 Å². The summed E-state index contributed by atoms with van der Waals surface area (Å²) in [6, 6.07) is 6.32. The van der Waals surface area contributed by atoms with Gasteiger partial charge < -0.3 is 9.47 Å². The van der Waals surface area contributed by atoms with E-state index in [0.717, 1.165) is 49.4 Å². The first-order chi connectivity index (χ1) is 11.6. The molecule has 1 aliphatic carbocycles. The van der Waals surface area contributed by atoms with Crippen LogP contribution in [0.4, 0.5) is 0 Å². The molecule has 1 amide bonds. The fourth-order valence-electron chi connectivity index (χ4n) is 4.22. The number of aryl methyl sites for hydroxylation is 4. The molecule has 126 valence electrons. The third-order valence-electron chi connectivity index (χ3n) is 5.47. The zero-order valence-electron chi connectivity index (χ0n) is 14.6. The van der Waals surface area contributed by atoms with Gasteiger partial charge in [-0.2, -0.15) is 0 Å². The van der Waals surface area contributed by atoms with Crippen LogP contribution in [0.1, 0.15) is 58.2 Å². The van der Waals surface area contributed by atoms with Gasteiger partial charge in [-0.15, -0.1) is 0 Å². The minimum absolute atomic E-state index is 0.178. The maximum absolute atomic E-state index is 12.9. The maximum Gasteiger partial charge on any atom is 0.253 e. The monoisotopic (exact) mass is 323 g/mol.